The minimum absolute atomic E-state index is 0.00579. The lowest BCUT2D eigenvalue weighted by Crippen LogP contribution is -2.64. The van der Waals surface area contributed by atoms with Gasteiger partial charge in [0.05, 0.1) is 6.10 Å². The van der Waals surface area contributed by atoms with Crippen LogP contribution in [0.25, 0.3) is 0 Å². The number of ether oxygens (including phenoxy) is 2. The third-order valence-corrected chi connectivity index (χ3v) is 6.10. The molecule has 0 heterocycles. The molecule has 0 aromatic rings. The fourth-order valence-electron chi connectivity index (χ4n) is 5.26. The summed E-state index contributed by atoms with van der Waals surface area (Å²) in [5, 5.41) is 0. The smallest absolute Gasteiger partial charge is 0.162 e. The lowest BCUT2D eigenvalue weighted by atomic mass is 9.39. The highest BCUT2D eigenvalue weighted by Gasteiger charge is 2.74. The molecule has 0 saturated heterocycles. The average Bonchev–Trinajstić information content (AvgIpc) is 2.60. The van der Waals surface area contributed by atoms with Crippen molar-refractivity contribution in [2.75, 3.05) is 13.9 Å². The van der Waals surface area contributed by atoms with Gasteiger partial charge in [0.1, 0.15) is 6.79 Å². The molecule has 2 fully saturated rings. The number of carbonyl (C=O) groups is 1. The van der Waals surface area contributed by atoms with Gasteiger partial charge in [0.25, 0.3) is 0 Å². The van der Waals surface area contributed by atoms with Gasteiger partial charge in [-0.2, -0.15) is 0 Å². The van der Waals surface area contributed by atoms with Crippen LogP contribution in [0.2, 0.25) is 0 Å². The Labute approximate surface area is 115 Å². The number of allylic oxidation sites excluding steroid dienone is 1. The van der Waals surface area contributed by atoms with E-state index in [-0.39, 0.29) is 16.9 Å². The molecule has 3 aliphatic rings. The molecule has 0 N–H and O–H groups in total. The molecule has 3 heteroatoms. The van der Waals surface area contributed by atoms with Gasteiger partial charge >= 0.3 is 0 Å². The Bertz CT molecular complexity index is 439. The van der Waals surface area contributed by atoms with Gasteiger partial charge in [-0.05, 0) is 36.7 Å². The lowest BCUT2D eigenvalue weighted by molar-refractivity contribution is -0.196. The molecule has 106 valence electrons. The van der Waals surface area contributed by atoms with Crippen molar-refractivity contribution in [3.63, 3.8) is 0 Å². The van der Waals surface area contributed by atoms with E-state index in [0.717, 1.165) is 19.3 Å². The minimum atomic E-state index is -0.177. The van der Waals surface area contributed by atoms with Crippen molar-refractivity contribution in [2.24, 2.45) is 22.2 Å². The highest BCUT2D eigenvalue weighted by atomic mass is 16.7. The first kappa shape index (κ1) is 13.3. The van der Waals surface area contributed by atoms with Gasteiger partial charge in [-0.1, -0.05) is 26.8 Å². The Kier molecular flexibility index (Phi) is 2.75. The molecule has 0 radical (unpaired) electrons. The first-order chi connectivity index (χ1) is 8.88. The highest BCUT2D eigenvalue weighted by molar-refractivity contribution is 5.98. The monoisotopic (exact) mass is 264 g/mol. The summed E-state index contributed by atoms with van der Waals surface area (Å²) in [7, 11) is 1.64. The van der Waals surface area contributed by atoms with Crippen molar-refractivity contribution >= 4 is 5.78 Å². The van der Waals surface area contributed by atoms with Crippen molar-refractivity contribution in [1.82, 2.24) is 0 Å². The van der Waals surface area contributed by atoms with Gasteiger partial charge in [0.2, 0.25) is 0 Å². The number of methoxy groups -OCH3 is 1. The SMILES string of the molecule is COCO[C@@H]1C=CC(=O)[C@@]23CC(C)(C)[C@@H]2CCC13C. The summed E-state index contributed by atoms with van der Waals surface area (Å²) in [5.41, 5.74) is 0.0611. The van der Waals surface area contributed by atoms with E-state index in [2.05, 4.69) is 20.8 Å². The molecule has 19 heavy (non-hydrogen) atoms. The summed E-state index contributed by atoms with van der Waals surface area (Å²) in [6, 6.07) is 0. The second-order valence-corrected chi connectivity index (χ2v) is 7.36. The largest absolute Gasteiger partial charge is 0.359 e. The Morgan fingerprint density at radius 3 is 2.74 bits per heavy atom. The third kappa shape index (κ3) is 1.43. The summed E-state index contributed by atoms with van der Waals surface area (Å²) in [6.45, 7) is 7.13. The number of carbonyl (C=O) groups excluding carboxylic acids is 1. The standard InChI is InChI=1S/C16H24O3/c1-14(2)9-16-11(14)7-8-15(16,3)13(19-10-18-4)6-5-12(16)17/h5-6,11,13H,7-10H2,1-4H3/t11-,13+,15?,16+/m0/s1. The molecule has 0 bridgehead atoms. The highest BCUT2D eigenvalue weighted by Crippen LogP contribution is 2.75. The van der Waals surface area contributed by atoms with Gasteiger partial charge in [-0.3, -0.25) is 4.79 Å². The fourth-order valence-corrected chi connectivity index (χ4v) is 5.26. The summed E-state index contributed by atoms with van der Waals surface area (Å²) >= 11 is 0. The van der Waals surface area contributed by atoms with Crippen LogP contribution in [-0.4, -0.2) is 25.8 Å². The van der Waals surface area contributed by atoms with Crippen molar-refractivity contribution in [3.05, 3.63) is 12.2 Å². The second kappa shape index (κ2) is 3.92. The molecular weight excluding hydrogens is 240 g/mol. The molecule has 0 aromatic carbocycles. The van der Waals surface area contributed by atoms with Crippen LogP contribution in [0.3, 0.4) is 0 Å². The summed E-state index contributed by atoms with van der Waals surface area (Å²) in [6.07, 6.45) is 6.92. The topological polar surface area (TPSA) is 35.5 Å². The number of rotatable bonds is 3. The van der Waals surface area contributed by atoms with Gasteiger partial charge in [0, 0.05) is 17.9 Å². The van der Waals surface area contributed by atoms with E-state index in [9.17, 15) is 4.79 Å². The summed E-state index contributed by atoms with van der Waals surface area (Å²) < 4.78 is 10.9. The van der Waals surface area contributed by atoms with Crippen molar-refractivity contribution < 1.29 is 14.3 Å². The van der Waals surface area contributed by atoms with E-state index < -0.39 is 0 Å². The maximum absolute atomic E-state index is 12.6. The lowest BCUT2D eigenvalue weighted by Gasteiger charge is -2.63. The molecular formula is C16H24O3. The number of hydrogen-bond donors (Lipinski definition) is 0. The zero-order valence-electron chi connectivity index (χ0n) is 12.4. The average molecular weight is 264 g/mol. The maximum Gasteiger partial charge on any atom is 0.162 e. The van der Waals surface area contributed by atoms with Crippen LogP contribution in [0.4, 0.5) is 0 Å². The molecule has 0 amide bonds. The van der Waals surface area contributed by atoms with E-state index >= 15 is 0 Å². The predicted octanol–water partition coefficient (Wildman–Crippen LogP) is 2.95. The third-order valence-electron chi connectivity index (χ3n) is 6.10. The van der Waals surface area contributed by atoms with E-state index in [1.54, 1.807) is 13.2 Å². The van der Waals surface area contributed by atoms with E-state index in [1.165, 1.54) is 0 Å². The molecule has 3 nitrogen and oxygen atoms in total. The van der Waals surface area contributed by atoms with Crippen molar-refractivity contribution in [2.45, 2.75) is 46.1 Å². The van der Waals surface area contributed by atoms with Gasteiger partial charge in [-0.25, -0.2) is 0 Å². The number of hydrogen-bond acceptors (Lipinski definition) is 3. The molecule has 2 saturated carbocycles. The van der Waals surface area contributed by atoms with E-state index in [1.807, 2.05) is 6.08 Å². The van der Waals surface area contributed by atoms with Crippen LogP contribution in [-0.2, 0) is 14.3 Å². The number of ketones is 1. The first-order valence-electron chi connectivity index (χ1n) is 7.22. The minimum Gasteiger partial charge on any atom is -0.359 e. The maximum atomic E-state index is 12.6. The second-order valence-electron chi connectivity index (χ2n) is 7.36. The van der Waals surface area contributed by atoms with Crippen molar-refractivity contribution in [3.8, 4) is 0 Å². The molecule has 3 aliphatic carbocycles. The van der Waals surface area contributed by atoms with Crippen LogP contribution >= 0.6 is 0 Å². The molecule has 0 aliphatic heterocycles. The Morgan fingerprint density at radius 2 is 2.11 bits per heavy atom. The quantitative estimate of drug-likeness (QED) is 0.735. The normalized spacial score (nSPS) is 46.6. The molecule has 0 aromatic heterocycles. The Balaban J connectivity index is 1.97. The fraction of sp³-hybridized carbons (Fsp3) is 0.812. The Morgan fingerprint density at radius 1 is 1.37 bits per heavy atom. The molecule has 1 spiro atoms. The Hall–Kier alpha value is -0.670. The van der Waals surface area contributed by atoms with E-state index in [4.69, 9.17) is 9.47 Å². The van der Waals surface area contributed by atoms with Crippen LogP contribution in [0.1, 0.15) is 40.0 Å². The van der Waals surface area contributed by atoms with Crippen LogP contribution in [0.5, 0.6) is 0 Å². The zero-order chi connectivity index (χ0) is 13.9. The van der Waals surface area contributed by atoms with Gasteiger partial charge < -0.3 is 9.47 Å². The molecule has 1 unspecified atom stereocenters. The first-order valence-corrected chi connectivity index (χ1v) is 7.22. The summed E-state index contributed by atoms with van der Waals surface area (Å²) in [5.74, 6) is 0.838. The van der Waals surface area contributed by atoms with E-state index in [0.29, 0.717) is 23.9 Å². The van der Waals surface area contributed by atoms with Crippen molar-refractivity contribution in [1.29, 1.82) is 0 Å². The zero-order valence-corrected chi connectivity index (χ0v) is 12.4. The van der Waals surface area contributed by atoms with Crippen LogP contribution in [0.15, 0.2) is 12.2 Å². The van der Waals surface area contributed by atoms with Gasteiger partial charge in [0.15, 0.2) is 5.78 Å². The molecule has 3 rings (SSSR count). The van der Waals surface area contributed by atoms with Crippen LogP contribution in [0, 0.1) is 22.2 Å². The van der Waals surface area contributed by atoms with Crippen LogP contribution < -0.4 is 0 Å². The molecule has 4 atom stereocenters. The summed E-state index contributed by atoms with van der Waals surface area (Å²) in [4.78, 5) is 12.6. The predicted molar refractivity (Wildman–Crippen MR) is 72.6 cm³/mol. The van der Waals surface area contributed by atoms with Gasteiger partial charge in [-0.15, -0.1) is 0 Å².